The lowest BCUT2D eigenvalue weighted by molar-refractivity contribution is 0.473. The van der Waals surface area contributed by atoms with Crippen LogP contribution in [0.1, 0.15) is 48.5 Å². The van der Waals surface area contributed by atoms with Gasteiger partial charge >= 0.3 is 0 Å². The van der Waals surface area contributed by atoms with Crippen LogP contribution in [0, 0.1) is 4.77 Å². The summed E-state index contributed by atoms with van der Waals surface area (Å²) in [6, 6.07) is 2.65. The molecule has 0 aromatic carbocycles. The van der Waals surface area contributed by atoms with Gasteiger partial charge in [-0.05, 0) is 54.9 Å². The van der Waals surface area contributed by atoms with Gasteiger partial charge in [-0.3, -0.25) is 9.67 Å². The van der Waals surface area contributed by atoms with Gasteiger partial charge in [0.05, 0.1) is 6.04 Å². The van der Waals surface area contributed by atoms with Crippen LogP contribution in [0.4, 0.5) is 0 Å². The third-order valence-corrected chi connectivity index (χ3v) is 4.87. The molecule has 1 N–H and O–H groups in total. The molecule has 0 amide bonds. The van der Waals surface area contributed by atoms with Crippen molar-refractivity contribution in [2.24, 2.45) is 0 Å². The highest BCUT2D eigenvalue weighted by atomic mass is 32.1. The van der Waals surface area contributed by atoms with E-state index in [9.17, 15) is 0 Å². The van der Waals surface area contributed by atoms with E-state index in [-0.39, 0.29) is 0 Å². The van der Waals surface area contributed by atoms with Gasteiger partial charge in [0.2, 0.25) is 0 Å². The van der Waals surface area contributed by atoms with E-state index in [0.717, 1.165) is 23.4 Å². The van der Waals surface area contributed by atoms with Crippen molar-refractivity contribution in [1.82, 2.24) is 14.8 Å². The normalized spacial score (nSPS) is 18.8. The molecule has 0 radical (unpaired) electrons. The largest absolute Gasteiger partial charge is 0.296 e. The molecule has 5 heteroatoms. The number of aromatic nitrogens is 3. The summed E-state index contributed by atoms with van der Waals surface area (Å²) in [6.07, 6.45) is 5.73. The minimum absolute atomic E-state index is 0.396. The molecule has 0 aliphatic heterocycles. The summed E-state index contributed by atoms with van der Waals surface area (Å²) in [5.41, 5.74) is 1.46. The summed E-state index contributed by atoms with van der Waals surface area (Å²) < 4.78 is 3.01. The SMILES string of the molecule is CCCc1n[nH]c(=S)n1C1CCCc2sccc21. The van der Waals surface area contributed by atoms with E-state index in [4.69, 9.17) is 12.2 Å². The molecule has 2 heterocycles. The molecule has 0 bridgehead atoms. The Morgan fingerprint density at radius 1 is 1.61 bits per heavy atom. The van der Waals surface area contributed by atoms with Crippen LogP contribution in [0.2, 0.25) is 0 Å². The average Bonchev–Trinajstić information content (AvgIpc) is 2.97. The van der Waals surface area contributed by atoms with Gasteiger partial charge in [0.1, 0.15) is 5.82 Å². The molecule has 0 saturated carbocycles. The molecule has 0 saturated heterocycles. The Morgan fingerprint density at radius 3 is 3.33 bits per heavy atom. The van der Waals surface area contributed by atoms with Crippen molar-refractivity contribution in [3.63, 3.8) is 0 Å². The standard InChI is InChI=1S/C13H17N3S2/c1-2-4-12-14-15-13(17)16(12)10-5-3-6-11-9(10)7-8-18-11/h7-8,10H,2-6H2,1H3,(H,15,17). The van der Waals surface area contributed by atoms with E-state index < -0.39 is 0 Å². The molecule has 3 nitrogen and oxygen atoms in total. The molecule has 0 spiro atoms. The Bertz CT molecular complexity index is 593. The molecule has 96 valence electrons. The van der Waals surface area contributed by atoms with Crippen LogP contribution in [0.3, 0.4) is 0 Å². The lowest BCUT2D eigenvalue weighted by Gasteiger charge is -2.24. The lowest BCUT2D eigenvalue weighted by Crippen LogP contribution is -2.18. The third kappa shape index (κ3) is 1.95. The fourth-order valence-corrected chi connectivity index (χ4v) is 4.05. The number of nitrogens with one attached hydrogen (secondary N) is 1. The first kappa shape index (κ1) is 12.1. The van der Waals surface area contributed by atoms with Gasteiger partial charge in [-0.2, -0.15) is 5.10 Å². The minimum Gasteiger partial charge on any atom is -0.296 e. The molecular formula is C13H17N3S2. The first-order valence-electron chi connectivity index (χ1n) is 6.53. The summed E-state index contributed by atoms with van der Waals surface area (Å²) >= 11 is 7.29. The van der Waals surface area contributed by atoms with Gasteiger partial charge in [-0.1, -0.05) is 6.92 Å². The van der Waals surface area contributed by atoms with Gasteiger partial charge in [0.15, 0.2) is 4.77 Å². The predicted octanol–water partition coefficient (Wildman–Crippen LogP) is 3.88. The van der Waals surface area contributed by atoms with Gasteiger partial charge in [0.25, 0.3) is 0 Å². The van der Waals surface area contributed by atoms with Crippen molar-refractivity contribution in [1.29, 1.82) is 0 Å². The van der Waals surface area contributed by atoms with Crippen molar-refractivity contribution in [2.45, 2.75) is 45.1 Å². The Hall–Kier alpha value is -0.940. The molecular weight excluding hydrogens is 262 g/mol. The van der Waals surface area contributed by atoms with Crippen LogP contribution in [0.5, 0.6) is 0 Å². The second-order valence-electron chi connectivity index (χ2n) is 4.77. The molecule has 1 atom stereocenters. The molecule has 2 aromatic heterocycles. The Balaban J connectivity index is 2.07. The van der Waals surface area contributed by atoms with Crippen LogP contribution in [0.15, 0.2) is 11.4 Å². The van der Waals surface area contributed by atoms with Crippen molar-refractivity contribution in [2.75, 3.05) is 0 Å². The first-order chi connectivity index (χ1) is 8.81. The van der Waals surface area contributed by atoms with Crippen LogP contribution in [0.25, 0.3) is 0 Å². The molecule has 0 fully saturated rings. The topological polar surface area (TPSA) is 33.6 Å². The van der Waals surface area contributed by atoms with Gasteiger partial charge in [0, 0.05) is 11.3 Å². The number of aryl methyl sites for hydroxylation is 2. The van der Waals surface area contributed by atoms with Crippen molar-refractivity contribution in [3.05, 3.63) is 32.5 Å². The van der Waals surface area contributed by atoms with E-state index in [0.29, 0.717) is 6.04 Å². The second kappa shape index (κ2) is 4.97. The number of aromatic amines is 1. The van der Waals surface area contributed by atoms with Crippen LogP contribution >= 0.6 is 23.6 Å². The van der Waals surface area contributed by atoms with E-state index in [1.54, 1.807) is 0 Å². The summed E-state index contributed by atoms with van der Waals surface area (Å²) in [5.74, 6) is 1.10. The quantitative estimate of drug-likeness (QED) is 0.865. The van der Waals surface area contributed by atoms with Gasteiger partial charge in [-0.25, -0.2) is 0 Å². The zero-order valence-electron chi connectivity index (χ0n) is 10.5. The van der Waals surface area contributed by atoms with Crippen molar-refractivity contribution >= 4 is 23.6 Å². The summed E-state index contributed by atoms with van der Waals surface area (Å²) in [6.45, 7) is 2.18. The molecule has 1 aliphatic rings. The number of fused-ring (bicyclic) bond motifs is 1. The number of rotatable bonds is 3. The Labute approximate surface area is 116 Å². The van der Waals surface area contributed by atoms with Crippen molar-refractivity contribution in [3.8, 4) is 0 Å². The fourth-order valence-electron chi connectivity index (χ4n) is 2.79. The molecule has 3 rings (SSSR count). The van der Waals surface area contributed by atoms with Crippen LogP contribution in [-0.4, -0.2) is 14.8 Å². The Morgan fingerprint density at radius 2 is 2.50 bits per heavy atom. The van der Waals surface area contributed by atoms with E-state index >= 15 is 0 Å². The maximum absolute atomic E-state index is 5.42. The monoisotopic (exact) mass is 279 g/mol. The van der Waals surface area contributed by atoms with Crippen LogP contribution < -0.4 is 0 Å². The van der Waals surface area contributed by atoms with Crippen LogP contribution in [-0.2, 0) is 12.8 Å². The number of hydrogen-bond donors (Lipinski definition) is 1. The highest BCUT2D eigenvalue weighted by Crippen LogP contribution is 2.36. The number of nitrogens with zero attached hydrogens (tertiary/aromatic N) is 2. The summed E-state index contributed by atoms with van der Waals surface area (Å²) in [7, 11) is 0. The van der Waals surface area contributed by atoms with Gasteiger partial charge < -0.3 is 0 Å². The number of thiophene rings is 1. The minimum atomic E-state index is 0.396. The van der Waals surface area contributed by atoms with Gasteiger partial charge in [-0.15, -0.1) is 11.3 Å². The van der Waals surface area contributed by atoms with Crippen molar-refractivity contribution < 1.29 is 0 Å². The van der Waals surface area contributed by atoms with E-state index in [1.165, 1.54) is 29.7 Å². The number of H-pyrrole nitrogens is 1. The fraction of sp³-hybridized carbons (Fsp3) is 0.538. The zero-order valence-corrected chi connectivity index (χ0v) is 12.1. The average molecular weight is 279 g/mol. The maximum atomic E-state index is 5.42. The smallest absolute Gasteiger partial charge is 0.195 e. The first-order valence-corrected chi connectivity index (χ1v) is 7.82. The molecule has 1 aliphatic carbocycles. The highest BCUT2D eigenvalue weighted by Gasteiger charge is 2.25. The number of hydrogen-bond acceptors (Lipinski definition) is 3. The maximum Gasteiger partial charge on any atom is 0.195 e. The lowest BCUT2D eigenvalue weighted by atomic mass is 9.93. The Kier molecular flexibility index (Phi) is 3.35. The van der Waals surface area contributed by atoms with E-state index in [2.05, 4.69) is 33.1 Å². The third-order valence-electron chi connectivity index (χ3n) is 3.58. The summed E-state index contributed by atoms with van der Waals surface area (Å²) in [4.78, 5) is 1.52. The molecule has 18 heavy (non-hydrogen) atoms. The van der Waals surface area contributed by atoms with E-state index in [1.807, 2.05) is 11.3 Å². The highest BCUT2D eigenvalue weighted by molar-refractivity contribution is 7.71. The zero-order chi connectivity index (χ0) is 12.5. The predicted molar refractivity (Wildman–Crippen MR) is 76.8 cm³/mol. The summed E-state index contributed by atoms with van der Waals surface area (Å²) in [5, 5.41) is 9.55. The molecule has 2 aromatic rings. The molecule has 1 unspecified atom stereocenters. The second-order valence-corrected chi connectivity index (χ2v) is 6.16.